The summed E-state index contributed by atoms with van der Waals surface area (Å²) in [6, 6.07) is 0.533. The molecule has 94 valence electrons. The summed E-state index contributed by atoms with van der Waals surface area (Å²) in [7, 11) is 0. The maximum atomic E-state index is 11.6. The minimum absolute atomic E-state index is 0.0146. The van der Waals surface area contributed by atoms with Crippen LogP contribution in [0, 0.1) is 0 Å². The van der Waals surface area contributed by atoms with E-state index in [-0.39, 0.29) is 12.1 Å². The summed E-state index contributed by atoms with van der Waals surface area (Å²) < 4.78 is 5.18. The van der Waals surface area contributed by atoms with E-state index in [2.05, 4.69) is 17.1 Å². The maximum absolute atomic E-state index is 11.6. The summed E-state index contributed by atoms with van der Waals surface area (Å²) >= 11 is 0. The molecule has 4 nitrogen and oxygen atoms in total. The van der Waals surface area contributed by atoms with Crippen molar-refractivity contribution >= 4 is 5.97 Å². The van der Waals surface area contributed by atoms with Crippen LogP contribution in [0.4, 0.5) is 0 Å². The third-order valence-corrected chi connectivity index (χ3v) is 2.93. The number of esters is 1. The van der Waals surface area contributed by atoms with E-state index in [9.17, 15) is 4.79 Å². The summed E-state index contributed by atoms with van der Waals surface area (Å²) in [5.74, 6) is -0.101. The number of rotatable bonds is 5. The molecule has 0 radical (unpaired) electrons. The number of carbonyl (C=O) groups is 1. The van der Waals surface area contributed by atoms with Crippen molar-refractivity contribution in [1.29, 1.82) is 0 Å². The second-order valence-corrected chi connectivity index (χ2v) is 4.58. The third kappa shape index (κ3) is 4.49. The first-order valence-corrected chi connectivity index (χ1v) is 6.27. The Morgan fingerprint density at radius 1 is 1.44 bits per heavy atom. The molecule has 0 aromatic heterocycles. The van der Waals surface area contributed by atoms with Gasteiger partial charge in [-0.3, -0.25) is 9.69 Å². The van der Waals surface area contributed by atoms with Gasteiger partial charge in [0.05, 0.1) is 12.6 Å². The normalized spacial score (nSPS) is 18.1. The van der Waals surface area contributed by atoms with Gasteiger partial charge in [-0.05, 0) is 46.3 Å². The zero-order valence-corrected chi connectivity index (χ0v) is 10.7. The SMILES string of the molecule is CCN(CC(=O)OC(C)C)C1CCNCC1. The Morgan fingerprint density at radius 2 is 2.06 bits per heavy atom. The number of nitrogens with one attached hydrogen (secondary N) is 1. The highest BCUT2D eigenvalue weighted by Gasteiger charge is 2.22. The summed E-state index contributed by atoms with van der Waals surface area (Å²) in [6.07, 6.45) is 2.24. The molecule has 0 unspecified atom stereocenters. The van der Waals surface area contributed by atoms with Crippen molar-refractivity contribution in [1.82, 2.24) is 10.2 Å². The molecule has 1 aliphatic rings. The second-order valence-electron chi connectivity index (χ2n) is 4.58. The predicted octanol–water partition coefficient (Wildman–Crippen LogP) is 1.01. The molecule has 0 amide bonds. The summed E-state index contributed by atoms with van der Waals surface area (Å²) in [5, 5.41) is 3.34. The van der Waals surface area contributed by atoms with Crippen molar-refractivity contribution < 1.29 is 9.53 Å². The zero-order valence-electron chi connectivity index (χ0n) is 10.7. The molecular weight excluding hydrogens is 204 g/mol. The van der Waals surface area contributed by atoms with Crippen molar-refractivity contribution in [3.05, 3.63) is 0 Å². The van der Waals surface area contributed by atoms with Gasteiger partial charge in [0.1, 0.15) is 0 Å². The number of nitrogens with zero attached hydrogens (tertiary/aromatic N) is 1. The predicted molar refractivity (Wildman–Crippen MR) is 64.4 cm³/mol. The van der Waals surface area contributed by atoms with E-state index >= 15 is 0 Å². The number of likely N-dealkylation sites (N-methyl/N-ethyl adjacent to an activating group) is 1. The molecule has 0 atom stereocenters. The largest absolute Gasteiger partial charge is 0.462 e. The molecule has 4 heteroatoms. The van der Waals surface area contributed by atoms with Crippen LogP contribution in [0.5, 0.6) is 0 Å². The number of piperidine rings is 1. The summed E-state index contributed by atoms with van der Waals surface area (Å²) in [6.45, 7) is 9.33. The first-order valence-electron chi connectivity index (χ1n) is 6.27. The van der Waals surface area contributed by atoms with E-state index in [0.717, 1.165) is 32.5 Å². The molecule has 0 saturated carbocycles. The van der Waals surface area contributed by atoms with Gasteiger partial charge in [0, 0.05) is 6.04 Å². The van der Waals surface area contributed by atoms with Crippen LogP contribution in [-0.2, 0) is 9.53 Å². The standard InChI is InChI=1S/C12H24N2O2/c1-4-14(9-12(15)16-10(2)3)11-5-7-13-8-6-11/h10-11,13H,4-9H2,1-3H3. The summed E-state index contributed by atoms with van der Waals surface area (Å²) in [4.78, 5) is 13.8. The fourth-order valence-electron chi connectivity index (χ4n) is 2.14. The molecule has 1 fully saturated rings. The molecule has 16 heavy (non-hydrogen) atoms. The minimum atomic E-state index is -0.101. The van der Waals surface area contributed by atoms with Crippen LogP contribution in [0.1, 0.15) is 33.6 Å². The van der Waals surface area contributed by atoms with Gasteiger partial charge in [-0.25, -0.2) is 0 Å². The Labute approximate surface area is 98.3 Å². The van der Waals surface area contributed by atoms with Crippen LogP contribution < -0.4 is 5.32 Å². The minimum Gasteiger partial charge on any atom is -0.462 e. The topological polar surface area (TPSA) is 41.6 Å². The van der Waals surface area contributed by atoms with Crippen molar-refractivity contribution in [2.75, 3.05) is 26.2 Å². The maximum Gasteiger partial charge on any atom is 0.320 e. The molecule has 1 aliphatic heterocycles. The van der Waals surface area contributed by atoms with Gasteiger partial charge in [0.25, 0.3) is 0 Å². The van der Waals surface area contributed by atoms with Gasteiger partial charge in [-0.1, -0.05) is 6.92 Å². The van der Waals surface area contributed by atoms with E-state index in [1.165, 1.54) is 0 Å². The molecule has 0 aromatic carbocycles. The Hall–Kier alpha value is -0.610. The molecule has 0 bridgehead atoms. The van der Waals surface area contributed by atoms with E-state index in [1.807, 2.05) is 13.8 Å². The van der Waals surface area contributed by atoms with Gasteiger partial charge >= 0.3 is 5.97 Å². The van der Waals surface area contributed by atoms with Crippen molar-refractivity contribution in [2.45, 2.75) is 45.8 Å². The van der Waals surface area contributed by atoms with Gasteiger partial charge in [0.2, 0.25) is 0 Å². The van der Waals surface area contributed by atoms with Crippen molar-refractivity contribution in [2.24, 2.45) is 0 Å². The van der Waals surface area contributed by atoms with E-state index in [1.54, 1.807) is 0 Å². The number of hydrogen-bond acceptors (Lipinski definition) is 4. The van der Waals surface area contributed by atoms with Gasteiger partial charge < -0.3 is 10.1 Å². The number of ether oxygens (including phenoxy) is 1. The Kier molecular flexibility index (Phi) is 5.77. The second kappa shape index (κ2) is 6.86. The van der Waals surface area contributed by atoms with Gasteiger partial charge in [-0.15, -0.1) is 0 Å². The van der Waals surface area contributed by atoms with Crippen LogP contribution >= 0.6 is 0 Å². The Balaban J connectivity index is 2.37. The quantitative estimate of drug-likeness (QED) is 0.713. The van der Waals surface area contributed by atoms with Crippen LogP contribution in [0.15, 0.2) is 0 Å². The molecule has 0 aromatic rings. The highest BCUT2D eigenvalue weighted by atomic mass is 16.5. The lowest BCUT2D eigenvalue weighted by atomic mass is 10.1. The number of carbonyl (C=O) groups excluding carboxylic acids is 1. The molecule has 1 heterocycles. The van der Waals surface area contributed by atoms with Crippen molar-refractivity contribution in [3.63, 3.8) is 0 Å². The van der Waals surface area contributed by atoms with Gasteiger partial charge in [-0.2, -0.15) is 0 Å². The van der Waals surface area contributed by atoms with Crippen LogP contribution in [0.25, 0.3) is 0 Å². The zero-order chi connectivity index (χ0) is 12.0. The molecule has 1 saturated heterocycles. The van der Waals surface area contributed by atoms with Crippen LogP contribution in [0.2, 0.25) is 0 Å². The van der Waals surface area contributed by atoms with E-state index in [4.69, 9.17) is 4.74 Å². The van der Waals surface area contributed by atoms with Crippen molar-refractivity contribution in [3.8, 4) is 0 Å². The molecule has 0 spiro atoms. The lowest BCUT2D eigenvalue weighted by Crippen LogP contribution is -2.45. The third-order valence-electron chi connectivity index (χ3n) is 2.93. The lowest BCUT2D eigenvalue weighted by molar-refractivity contribution is -0.149. The molecule has 1 N–H and O–H groups in total. The van der Waals surface area contributed by atoms with Crippen LogP contribution in [0.3, 0.4) is 0 Å². The average Bonchev–Trinajstić information content (AvgIpc) is 2.26. The first-order chi connectivity index (χ1) is 7.63. The Bertz CT molecular complexity index is 213. The highest BCUT2D eigenvalue weighted by molar-refractivity contribution is 5.71. The highest BCUT2D eigenvalue weighted by Crippen LogP contribution is 2.11. The van der Waals surface area contributed by atoms with E-state index < -0.39 is 0 Å². The monoisotopic (exact) mass is 228 g/mol. The van der Waals surface area contributed by atoms with Gasteiger partial charge in [0.15, 0.2) is 0 Å². The molecule has 0 aliphatic carbocycles. The number of hydrogen-bond donors (Lipinski definition) is 1. The molecule has 1 rings (SSSR count). The van der Waals surface area contributed by atoms with Crippen LogP contribution in [-0.4, -0.2) is 49.2 Å². The lowest BCUT2D eigenvalue weighted by Gasteiger charge is -2.33. The fraction of sp³-hybridized carbons (Fsp3) is 0.917. The first kappa shape index (κ1) is 13.5. The summed E-state index contributed by atoms with van der Waals surface area (Å²) in [5.41, 5.74) is 0. The fourth-order valence-corrected chi connectivity index (χ4v) is 2.14. The smallest absolute Gasteiger partial charge is 0.320 e. The Morgan fingerprint density at radius 3 is 2.56 bits per heavy atom. The van der Waals surface area contributed by atoms with E-state index in [0.29, 0.717) is 12.6 Å². The molecular formula is C12H24N2O2. The average molecular weight is 228 g/mol.